The Morgan fingerprint density at radius 1 is 1.44 bits per heavy atom. The second-order valence-electron chi connectivity index (χ2n) is 4.02. The maximum Gasteiger partial charge on any atom is 0.139 e. The van der Waals surface area contributed by atoms with E-state index >= 15 is 0 Å². The summed E-state index contributed by atoms with van der Waals surface area (Å²) in [5.74, 6) is -0.307. The normalized spacial score (nSPS) is 12.7. The SMILES string of the molecule is CCC(Br)c1cn(-c2cc(F)c(Br)cc2C)nn1. The van der Waals surface area contributed by atoms with Crippen molar-refractivity contribution in [2.24, 2.45) is 0 Å². The third kappa shape index (κ3) is 2.64. The summed E-state index contributed by atoms with van der Waals surface area (Å²) in [7, 11) is 0. The summed E-state index contributed by atoms with van der Waals surface area (Å²) in [5.41, 5.74) is 2.48. The van der Waals surface area contributed by atoms with Crippen LogP contribution in [-0.4, -0.2) is 15.0 Å². The van der Waals surface area contributed by atoms with E-state index in [1.807, 2.05) is 13.1 Å². The van der Waals surface area contributed by atoms with Gasteiger partial charge in [-0.25, -0.2) is 9.07 Å². The first-order valence-corrected chi connectivity index (χ1v) is 7.26. The van der Waals surface area contributed by atoms with Gasteiger partial charge in [0.15, 0.2) is 0 Å². The molecule has 0 bridgehead atoms. The van der Waals surface area contributed by atoms with Crippen molar-refractivity contribution >= 4 is 31.9 Å². The number of benzene rings is 1. The highest BCUT2D eigenvalue weighted by molar-refractivity contribution is 9.10. The van der Waals surface area contributed by atoms with Crippen LogP contribution < -0.4 is 0 Å². The van der Waals surface area contributed by atoms with E-state index in [2.05, 4.69) is 49.1 Å². The van der Waals surface area contributed by atoms with Crippen molar-refractivity contribution in [3.8, 4) is 5.69 Å². The van der Waals surface area contributed by atoms with E-state index in [0.29, 0.717) is 10.2 Å². The summed E-state index contributed by atoms with van der Waals surface area (Å²) < 4.78 is 15.6. The van der Waals surface area contributed by atoms with E-state index in [-0.39, 0.29) is 10.6 Å². The molecule has 1 aromatic carbocycles. The minimum absolute atomic E-state index is 0.173. The van der Waals surface area contributed by atoms with Crippen LogP contribution in [0.1, 0.15) is 29.4 Å². The van der Waals surface area contributed by atoms with E-state index in [1.165, 1.54) is 6.07 Å². The van der Waals surface area contributed by atoms with Crippen LogP contribution >= 0.6 is 31.9 Å². The molecule has 0 N–H and O–H groups in total. The second-order valence-corrected chi connectivity index (χ2v) is 5.98. The molecule has 1 atom stereocenters. The van der Waals surface area contributed by atoms with Crippen molar-refractivity contribution in [2.45, 2.75) is 25.1 Å². The molecule has 6 heteroatoms. The van der Waals surface area contributed by atoms with Gasteiger partial charge in [-0.1, -0.05) is 28.1 Å². The van der Waals surface area contributed by atoms with E-state index in [0.717, 1.165) is 17.7 Å². The van der Waals surface area contributed by atoms with Crippen molar-refractivity contribution < 1.29 is 4.39 Å². The molecule has 0 aliphatic rings. The Morgan fingerprint density at radius 3 is 2.83 bits per heavy atom. The lowest BCUT2D eigenvalue weighted by atomic mass is 10.2. The topological polar surface area (TPSA) is 30.7 Å². The first kappa shape index (κ1) is 13.7. The fourth-order valence-corrected chi connectivity index (χ4v) is 2.30. The zero-order chi connectivity index (χ0) is 13.3. The summed E-state index contributed by atoms with van der Waals surface area (Å²) in [6.07, 6.45) is 2.74. The Hall–Kier alpha value is -0.750. The number of nitrogens with zero attached hydrogens (tertiary/aromatic N) is 3. The molecule has 1 unspecified atom stereocenters. The summed E-state index contributed by atoms with van der Waals surface area (Å²) >= 11 is 6.68. The molecule has 1 aromatic heterocycles. The van der Waals surface area contributed by atoms with Gasteiger partial charge in [0, 0.05) is 6.07 Å². The van der Waals surface area contributed by atoms with Crippen LogP contribution in [0.2, 0.25) is 0 Å². The van der Waals surface area contributed by atoms with Gasteiger partial charge in [0.2, 0.25) is 0 Å². The number of hydrogen-bond acceptors (Lipinski definition) is 2. The van der Waals surface area contributed by atoms with Crippen LogP contribution in [0.15, 0.2) is 22.8 Å². The maximum absolute atomic E-state index is 13.6. The lowest BCUT2D eigenvalue weighted by molar-refractivity contribution is 0.617. The molecule has 0 spiro atoms. The smallest absolute Gasteiger partial charge is 0.139 e. The van der Waals surface area contributed by atoms with Crippen molar-refractivity contribution in [1.29, 1.82) is 0 Å². The standard InChI is InChI=1S/C12H12Br2FN3/c1-3-8(13)11-6-18(17-16-11)12-5-10(15)9(14)4-7(12)2/h4-6,8H,3H2,1-2H3. The van der Waals surface area contributed by atoms with Crippen LogP contribution in [0, 0.1) is 12.7 Å². The van der Waals surface area contributed by atoms with Crippen LogP contribution in [0.5, 0.6) is 0 Å². The Bertz CT molecular complexity index is 568. The van der Waals surface area contributed by atoms with Gasteiger partial charge in [-0.3, -0.25) is 0 Å². The highest BCUT2D eigenvalue weighted by Gasteiger charge is 2.13. The molecule has 0 saturated heterocycles. The number of alkyl halides is 1. The largest absolute Gasteiger partial charge is 0.220 e. The molecule has 0 aliphatic heterocycles. The predicted molar refractivity (Wildman–Crippen MR) is 75.7 cm³/mol. The average Bonchev–Trinajstić information content (AvgIpc) is 2.82. The first-order valence-electron chi connectivity index (χ1n) is 5.55. The lowest BCUT2D eigenvalue weighted by Crippen LogP contribution is -1.99. The van der Waals surface area contributed by atoms with Crippen molar-refractivity contribution in [1.82, 2.24) is 15.0 Å². The molecular formula is C12H12Br2FN3. The summed E-state index contributed by atoms with van der Waals surface area (Å²) in [5, 5.41) is 8.13. The monoisotopic (exact) mass is 375 g/mol. The van der Waals surface area contributed by atoms with Gasteiger partial charge in [-0.2, -0.15) is 0 Å². The Kier molecular flexibility index (Phi) is 4.17. The molecule has 2 rings (SSSR count). The van der Waals surface area contributed by atoms with Crippen molar-refractivity contribution in [3.63, 3.8) is 0 Å². The third-order valence-electron chi connectivity index (χ3n) is 2.68. The minimum atomic E-state index is -0.307. The van der Waals surface area contributed by atoms with Crippen LogP contribution in [0.4, 0.5) is 4.39 Å². The number of aryl methyl sites for hydroxylation is 1. The Morgan fingerprint density at radius 2 is 2.17 bits per heavy atom. The van der Waals surface area contributed by atoms with E-state index in [4.69, 9.17) is 0 Å². The minimum Gasteiger partial charge on any atom is -0.220 e. The Labute approximate surface area is 122 Å². The molecule has 2 aromatic rings. The Balaban J connectivity index is 2.43. The van der Waals surface area contributed by atoms with Gasteiger partial charge in [-0.05, 0) is 40.9 Å². The third-order valence-corrected chi connectivity index (χ3v) is 4.40. The number of hydrogen-bond donors (Lipinski definition) is 0. The molecule has 3 nitrogen and oxygen atoms in total. The highest BCUT2D eigenvalue weighted by Crippen LogP contribution is 2.26. The van der Waals surface area contributed by atoms with Gasteiger partial charge < -0.3 is 0 Å². The molecule has 96 valence electrons. The quantitative estimate of drug-likeness (QED) is 0.746. The first-order chi connectivity index (χ1) is 8.52. The molecule has 1 heterocycles. The van der Waals surface area contributed by atoms with Gasteiger partial charge >= 0.3 is 0 Å². The van der Waals surface area contributed by atoms with Gasteiger partial charge in [0.25, 0.3) is 0 Å². The van der Waals surface area contributed by atoms with Crippen LogP contribution in [0.3, 0.4) is 0 Å². The molecular weight excluding hydrogens is 365 g/mol. The van der Waals surface area contributed by atoms with E-state index in [1.54, 1.807) is 10.7 Å². The maximum atomic E-state index is 13.6. The number of aromatic nitrogens is 3. The zero-order valence-corrected chi connectivity index (χ0v) is 13.2. The molecule has 0 amide bonds. The molecule has 0 saturated carbocycles. The van der Waals surface area contributed by atoms with E-state index < -0.39 is 0 Å². The average molecular weight is 377 g/mol. The van der Waals surface area contributed by atoms with Gasteiger partial charge in [0.1, 0.15) is 5.82 Å². The van der Waals surface area contributed by atoms with Crippen molar-refractivity contribution in [2.75, 3.05) is 0 Å². The van der Waals surface area contributed by atoms with Crippen LogP contribution in [-0.2, 0) is 0 Å². The summed E-state index contributed by atoms with van der Waals surface area (Å²) in [4.78, 5) is 0.173. The number of rotatable bonds is 3. The van der Waals surface area contributed by atoms with Crippen LogP contribution in [0.25, 0.3) is 5.69 Å². The van der Waals surface area contributed by atoms with Gasteiger partial charge in [-0.15, -0.1) is 5.10 Å². The van der Waals surface area contributed by atoms with Gasteiger partial charge in [0.05, 0.1) is 26.9 Å². The van der Waals surface area contributed by atoms with Crippen molar-refractivity contribution in [3.05, 3.63) is 39.9 Å². The molecule has 0 radical (unpaired) electrons. The number of halogens is 3. The second kappa shape index (κ2) is 5.48. The highest BCUT2D eigenvalue weighted by atomic mass is 79.9. The fraction of sp³-hybridized carbons (Fsp3) is 0.333. The zero-order valence-electron chi connectivity index (χ0n) is 9.99. The predicted octanol–water partition coefficient (Wildman–Crippen LogP) is 4.32. The summed E-state index contributed by atoms with van der Waals surface area (Å²) in [6, 6.07) is 3.19. The lowest BCUT2D eigenvalue weighted by Gasteiger charge is -2.06. The summed E-state index contributed by atoms with van der Waals surface area (Å²) in [6.45, 7) is 3.97. The fourth-order valence-electron chi connectivity index (χ4n) is 1.63. The molecule has 18 heavy (non-hydrogen) atoms. The molecule has 0 fully saturated rings. The van der Waals surface area contributed by atoms with E-state index in [9.17, 15) is 4.39 Å². The molecule has 0 aliphatic carbocycles.